The van der Waals surface area contributed by atoms with Crippen molar-refractivity contribution in [2.75, 3.05) is 13.2 Å². The smallest absolute Gasteiger partial charge is 0.379 e. The number of hydrogen-bond acceptors (Lipinski definition) is 3. The third kappa shape index (κ3) is 5.21. The van der Waals surface area contributed by atoms with Gasteiger partial charge in [0.15, 0.2) is 0 Å². The Labute approximate surface area is 167 Å². The Bertz CT molecular complexity index is 877. The average Bonchev–Trinajstić information content (AvgIpc) is 3.18. The summed E-state index contributed by atoms with van der Waals surface area (Å²) in [5.41, 5.74) is -2.57. The highest BCUT2D eigenvalue weighted by Gasteiger charge is 2.37. The minimum atomic E-state index is -4.77. The highest BCUT2D eigenvalue weighted by atomic mass is 19.4. The van der Waals surface area contributed by atoms with Crippen LogP contribution in [0.4, 0.5) is 31.1 Å². The Hall–Kier alpha value is -2.82. The minimum absolute atomic E-state index is 0.0185. The molecule has 1 aliphatic rings. The van der Waals surface area contributed by atoms with Crippen LogP contribution in [0.1, 0.15) is 34.8 Å². The van der Waals surface area contributed by atoms with Crippen molar-refractivity contribution < 1.29 is 35.9 Å². The Balaban J connectivity index is 1.96. The van der Waals surface area contributed by atoms with Crippen molar-refractivity contribution >= 4 is 6.03 Å². The van der Waals surface area contributed by atoms with E-state index in [-0.39, 0.29) is 18.2 Å². The molecule has 1 aromatic carbocycles. The molecule has 162 valence electrons. The van der Waals surface area contributed by atoms with Gasteiger partial charge >= 0.3 is 18.4 Å². The van der Waals surface area contributed by atoms with Crippen molar-refractivity contribution in [3.8, 4) is 0 Å². The monoisotopic (exact) mass is 433 g/mol. The van der Waals surface area contributed by atoms with Crippen molar-refractivity contribution in [3.05, 3.63) is 65.0 Å². The van der Waals surface area contributed by atoms with Crippen LogP contribution in [0.5, 0.6) is 0 Å². The molecule has 11 heteroatoms. The van der Waals surface area contributed by atoms with Crippen LogP contribution >= 0.6 is 0 Å². The number of aromatic nitrogens is 1. The van der Waals surface area contributed by atoms with Gasteiger partial charge in [-0.15, -0.1) is 0 Å². The summed E-state index contributed by atoms with van der Waals surface area (Å²) in [6.45, 7) is 0.696. The van der Waals surface area contributed by atoms with Crippen molar-refractivity contribution in [2.24, 2.45) is 0 Å². The van der Waals surface area contributed by atoms with E-state index in [1.165, 1.54) is 0 Å². The molecule has 0 aliphatic carbocycles. The fraction of sp³-hybridized carbons (Fsp3) is 0.368. The van der Waals surface area contributed by atoms with E-state index >= 15 is 0 Å². The maximum atomic E-state index is 13.5. The van der Waals surface area contributed by atoms with Crippen molar-refractivity contribution in [1.82, 2.24) is 15.6 Å². The molecule has 1 saturated heterocycles. The third-order valence-electron chi connectivity index (χ3n) is 4.53. The first kappa shape index (κ1) is 21.9. The summed E-state index contributed by atoms with van der Waals surface area (Å²) >= 11 is 0. The zero-order valence-corrected chi connectivity index (χ0v) is 15.3. The first-order valence-corrected chi connectivity index (χ1v) is 8.90. The summed E-state index contributed by atoms with van der Waals surface area (Å²) in [5, 5.41) is 4.98. The topological polar surface area (TPSA) is 63.2 Å². The molecule has 3 rings (SSSR count). The standard InChI is InChI=1S/C19H17F6N3O2/c20-18(21,22)12-5-3-11(4-6-12)15(28-17(29)27-13-7-9-30-10-13)16-14(19(23,24)25)2-1-8-26-16/h1-6,8,13,15H,7,9-10H2,(H2,27,28,29). The van der Waals surface area contributed by atoms with Gasteiger partial charge in [0.05, 0.1) is 35.5 Å². The van der Waals surface area contributed by atoms with Crippen LogP contribution in [0.25, 0.3) is 0 Å². The zero-order chi connectivity index (χ0) is 21.9. The van der Waals surface area contributed by atoms with Gasteiger partial charge in [0, 0.05) is 12.8 Å². The van der Waals surface area contributed by atoms with Crippen LogP contribution < -0.4 is 10.6 Å². The van der Waals surface area contributed by atoms with E-state index in [2.05, 4.69) is 15.6 Å². The van der Waals surface area contributed by atoms with Gasteiger partial charge in [-0.05, 0) is 36.2 Å². The summed E-state index contributed by atoms with van der Waals surface area (Å²) in [5.74, 6) is 0. The van der Waals surface area contributed by atoms with Gasteiger partial charge in [-0.1, -0.05) is 12.1 Å². The largest absolute Gasteiger partial charge is 0.418 e. The van der Waals surface area contributed by atoms with Crippen molar-refractivity contribution in [1.29, 1.82) is 0 Å². The highest BCUT2D eigenvalue weighted by Crippen LogP contribution is 2.36. The maximum absolute atomic E-state index is 13.5. The minimum Gasteiger partial charge on any atom is -0.379 e. The molecular formula is C19H17F6N3O2. The molecule has 0 bridgehead atoms. The highest BCUT2D eigenvalue weighted by molar-refractivity contribution is 5.75. The fourth-order valence-corrected chi connectivity index (χ4v) is 3.07. The van der Waals surface area contributed by atoms with Gasteiger partial charge in [0.1, 0.15) is 0 Å². The normalized spacial score (nSPS) is 18.1. The number of carbonyl (C=O) groups is 1. The number of rotatable bonds is 4. The number of nitrogens with one attached hydrogen (secondary N) is 2. The second-order valence-electron chi connectivity index (χ2n) is 6.67. The van der Waals surface area contributed by atoms with Gasteiger partial charge in [-0.2, -0.15) is 26.3 Å². The van der Waals surface area contributed by atoms with E-state index < -0.39 is 41.2 Å². The van der Waals surface area contributed by atoms with Crippen LogP contribution in [-0.4, -0.2) is 30.3 Å². The average molecular weight is 433 g/mol. The van der Waals surface area contributed by atoms with E-state index in [0.29, 0.717) is 13.0 Å². The van der Waals surface area contributed by atoms with E-state index in [1.807, 2.05) is 0 Å². The summed E-state index contributed by atoms with van der Waals surface area (Å²) < 4.78 is 84.1. The Morgan fingerprint density at radius 1 is 1.07 bits per heavy atom. The van der Waals surface area contributed by atoms with Crippen molar-refractivity contribution in [3.63, 3.8) is 0 Å². The number of halogens is 6. The number of pyridine rings is 1. The molecule has 1 fully saturated rings. The van der Waals surface area contributed by atoms with Gasteiger partial charge in [0.2, 0.25) is 0 Å². The summed E-state index contributed by atoms with van der Waals surface area (Å²) in [6.07, 6.45) is -7.73. The van der Waals surface area contributed by atoms with Gasteiger partial charge < -0.3 is 15.4 Å². The molecule has 2 heterocycles. The molecule has 0 spiro atoms. The quantitative estimate of drug-likeness (QED) is 0.707. The number of benzene rings is 1. The molecule has 1 aliphatic heterocycles. The van der Waals surface area contributed by atoms with Gasteiger partial charge in [-0.3, -0.25) is 4.98 Å². The van der Waals surface area contributed by atoms with Crippen LogP contribution in [0, 0.1) is 0 Å². The molecule has 2 unspecified atom stereocenters. The van der Waals surface area contributed by atoms with Crippen LogP contribution in [-0.2, 0) is 17.1 Å². The van der Waals surface area contributed by atoms with Crippen LogP contribution in [0.2, 0.25) is 0 Å². The van der Waals surface area contributed by atoms with Gasteiger partial charge in [-0.25, -0.2) is 4.79 Å². The summed E-state index contributed by atoms with van der Waals surface area (Å²) in [6, 6.07) is 2.87. The lowest BCUT2D eigenvalue weighted by atomic mass is 9.98. The number of amides is 2. The Morgan fingerprint density at radius 3 is 2.33 bits per heavy atom. The lowest BCUT2D eigenvalue weighted by Gasteiger charge is -2.23. The molecular weight excluding hydrogens is 416 g/mol. The molecule has 30 heavy (non-hydrogen) atoms. The molecule has 0 saturated carbocycles. The zero-order valence-electron chi connectivity index (χ0n) is 15.3. The van der Waals surface area contributed by atoms with Crippen LogP contribution in [0.3, 0.4) is 0 Å². The fourth-order valence-electron chi connectivity index (χ4n) is 3.07. The number of alkyl halides is 6. The lowest BCUT2D eigenvalue weighted by Crippen LogP contribution is -2.44. The number of carbonyl (C=O) groups excluding carboxylic acids is 1. The molecule has 5 nitrogen and oxygen atoms in total. The number of hydrogen-bond donors (Lipinski definition) is 2. The first-order valence-electron chi connectivity index (χ1n) is 8.90. The molecule has 2 amide bonds. The summed E-state index contributed by atoms with van der Waals surface area (Å²) in [7, 11) is 0. The molecule has 2 atom stereocenters. The maximum Gasteiger partial charge on any atom is 0.418 e. The molecule has 2 aromatic rings. The van der Waals surface area contributed by atoms with E-state index in [9.17, 15) is 31.1 Å². The van der Waals surface area contributed by atoms with E-state index in [0.717, 1.165) is 42.6 Å². The Kier molecular flexibility index (Phi) is 6.20. The molecule has 1 aromatic heterocycles. The molecule has 0 radical (unpaired) electrons. The third-order valence-corrected chi connectivity index (χ3v) is 4.53. The van der Waals surface area contributed by atoms with E-state index in [1.54, 1.807) is 0 Å². The van der Waals surface area contributed by atoms with E-state index in [4.69, 9.17) is 4.74 Å². The summed E-state index contributed by atoms with van der Waals surface area (Å²) in [4.78, 5) is 16.1. The lowest BCUT2D eigenvalue weighted by molar-refractivity contribution is -0.139. The predicted octanol–water partition coefficient (Wildman–Crippen LogP) is 4.30. The van der Waals surface area contributed by atoms with Crippen LogP contribution in [0.15, 0.2) is 42.6 Å². The number of urea groups is 1. The second kappa shape index (κ2) is 8.50. The Morgan fingerprint density at radius 2 is 1.77 bits per heavy atom. The second-order valence-corrected chi connectivity index (χ2v) is 6.67. The van der Waals surface area contributed by atoms with Gasteiger partial charge in [0.25, 0.3) is 0 Å². The SMILES string of the molecule is O=C(NC1CCOC1)NC(c1ccc(C(F)(F)F)cc1)c1ncccc1C(F)(F)F. The predicted molar refractivity (Wildman–Crippen MR) is 93.4 cm³/mol. The first-order chi connectivity index (χ1) is 14.1. The molecule has 2 N–H and O–H groups in total. The van der Waals surface area contributed by atoms with Crippen molar-refractivity contribution in [2.45, 2.75) is 30.9 Å². The number of nitrogens with zero attached hydrogens (tertiary/aromatic N) is 1. The number of ether oxygens (including phenoxy) is 1.